The predicted octanol–water partition coefficient (Wildman–Crippen LogP) is 2.40. The van der Waals surface area contributed by atoms with E-state index >= 15 is 0 Å². The van der Waals surface area contributed by atoms with E-state index in [2.05, 4.69) is 5.32 Å². The van der Waals surface area contributed by atoms with Gasteiger partial charge in [0.2, 0.25) is 0 Å². The van der Waals surface area contributed by atoms with Gasteiger partial charge in [0.15, 0.2) is 5.58 Å². The summed E-state index contributed by atoms with van der Waals surface area (Å²) >= 11 is 0. The van der Waals surface area contributed by atoms with Crippen molar-refractivity contribution >= 4 is 22.7 Å². The first-order chi connectivity index (χ1) is 11.5. The predicted molar refractivity (Wildman–Crippen MR) is 89.0 cm³/mol. The SMILES string of the molecule is COc1cc(NC(=O)c2ccc3oc(=O)n(C)c3c2)cc(OC)c1. The van der Waals surface area contributed by atoms with Crippen molar-refractivity contribution < 1.29 is 18.7 Å². The first-order valence-corrected chi connectivity index (χ1v) is 7.16. The van der Waals surface area contributed by atoms with Crippen LogP contribution in [0.3, 0.4) is 0 Å². The maximum Gasteiger partial charge on any atom is 0.419 e. The molecule has 0 radical (unpaired) electrons. The molecule has 0 saturated carbocycles. The van der Waals surface area contributed by atoms with Gasteiger partial charge in [-0.3, -0.25) is 9.36 Å². The summed E-state index contributed by atoms with van der Waals surface area (Å²) in [7, 11) is 4.66. The van der Waals surface area contributed by atoms with Crippen LogP contribution in [0.15, 0.2) is 45.6 Å². The Morgan fingerprint density at radius 3 is 2.38 bits per heavy atom. The molecule has 124 valence electrons. The molecule has 0 fully saturated rings. The molecule has 2 aromatic carbocycles. The maximum atomic E-state index is 12.5. The van der Waals surface area contributed by atoms with Crippen LogP contribution in [0.4, 0.5) is 5.69 Å². The Morgan fingerprint density at radius 1 is 1.08 bits per heavy atom. The zero-order chi connectivity index (χ0) is 17.3. The van der Waals surface area contributed by atoms with Crippen molar-refractivity contribution in [1.82, 2.24) is 4.57 Å². The average molecular weight is 328 g/mol. The third kappa shape index (κ3) is 2.83. The number of methoxy groups -OCH3 is 2. The van der Waals surface area contributed by atoms with Gasteiger partial charge in [-0.15, -0.1) is 0 Å². The lowest BCUT2D eigenvalue weighted by Gasteiger charge is -2.10. The fraction of sp³-hybridized carbons (Fsp3) is 0.176. The number of carbonyl (C=O) groups is 1. The van der Waals surface area contributed by atoms with E-state index in [1.165, 1.54) is 18.8 Å². The Bertz CT molecular complexity index is 949. The Kier molecular flexibility index (Phi) is 3.99. The van der Waals surface area contributed by atoms with Crippen LogP contribution in [0, 0.1) is 0 Å². The van der Waals surface area contributed by atoms with Crippen LogP contribution in [0.1, 0.15) is 10.4 Å². The lowest BCUT2D eigenvalue weighted by Crippen LogP contribution is -2.12. The Balaban J connectivity index is 1.92. The number of aromatic nitrogens is 1. The second-order valence-electron chi connectivity index (χ2n) is 5.16. The van der Waals surface area contributed by atoms with Crippen LogP contribution in [0.2, 0.25) is 0 Å². The molecular formula is C17H16N2O5. The quantitative estimate of drug-likeness (QED) is 0.795. The van der Waals surface area contributed by atoms with Crippen LogP contribution >= 0.6 is 0 Å². The Labute approximate surface area is 137 Å². The number of oxazole rings is 1. The van der Waals surface area contributed by atoms with E-state index in [9.17, 15) is 9.59 Å². The summed E-state index contributed by atoms with van der Waals surface area (Å²) in [6.07, 6.45) is 0. The zero-order valence-corrected chi connectivity index (χ0v) is 13.5. The number of rotatable bonds is 4. The summed E-state index contributed by atoms with van der Waals surface area (Å²) < 4.78 is 16.8. The molecule has 0 aliphatic carbocycles. The number of anilines is 1. The van der Waals surface area contributed by atoms with Gasteiger partial charge in [0.25, 0.3) is 5.91 Å². The molecule has 1 heterocycles. The molecule has 7 heteroatoms. The number of hydrogen-bond acceptors (Lipinski definition) is 5. The topological polar surface area (TPSA) is 82.7 Å². The highest BCUT2D eigenvalue weighted by atomic mass is 16.5. The van der Waals surface area contributed by atoms with Gasteiger partial charge in [-0.1, -0.05) is 0 Å². The van der Waals surface area contributed by atoms with Gasteiger partial charge in [-0.05, 0) is 18.2 Å². The van der Waals surface area contributed by atoms with Crippen molar-refractivity contribution in [2.45, 2.75) is 0 Å². The molecule has 7 nitrogen and oxygen atoms in total. The molecule has 24 heavy (non-hydrogen) atoms. The molecule has 0 atom stereocenters. The summed E-state index contributed by atoms with van der Waals surface area (Å²) in [6.45, 7) is 0. The molecule has 1 amide bonds. The number of hydrogen-bond donors (Lipinski definition) is 1. The molecule has 3 aromatic rings. The summed E-state index contributed by atoms with van der Waals surface area (Å²) in [4.78, 5) is 24.0. The second-order valence-corrected chi connectivity index (χ2v) is 5.16. The van der Waals surface area contributed by atoms with Crippen LogP contribution < -0.4 is 20.5 Å². The molecule has 1 N–H and O–H groups in total. The van der Waals surface area contributed by atoms with E-state index in [1.807, 2.05) is 0 Å². The number of ether oxygens (including phenoxy) is 2. The standard InChI is InChI=1S/C17H16N2O5/c1-19-14-6-10(4-5-15(14)24-17(19)21)16(20)18-11-7-12(22-2)9-13(8-11)23-3/h4-9H,1-3H3,(H,18,20). The third-order valence-electron chi connectivity index (χ3n) is 3.66. The molecule has 0 aliphatic rings. The average Bonchev–Trinajstić information content (AvgIpc) is 2.88. The van der Waals surface area contributed by atoms with Crippen molar-refractivity contribution in [3.05, 3.63) is 52.5 Å². The number of nitrogens with zero attached hydrogens (tertiary/aromatic N) is 1. The number of benzene rings is 2. The zero-order valence-electron chi connectivity index (χ0n) is 13.5. The minimum Gasteiger partial charge on any atom is -0.497 e. The summed E-state index contributed by atoms with van der Waals surface area (Å²) in [5.74, 6) is 0.343. The fourth-order valence-corrected chi connectivity index (χ4v) is 2.35. The van der Waals surface area contributed by atoms with E-state index < -0.39 is 5.76 Å². The van der Waals surface area contributed by atoms with Gasteiger partial charge in [0, 0.05) is 36.5 Å². The number of nitrogens with one attached hydrogen (secondary N) is 1. The first kappa shape index (κ1) is 15.7. The van der Waals surface area contributed by atoms with E-state index in [0.29, 0.717) is 33.8 Å². The minimum atomic E-state index is -0.472. The molecular weight excluding hydrogens is 312 g/mol. The first-order valence-electron chi connectivity index (χ1n) is 7.16. The Morgan fingerprint density at radius 2 is 1.75 bits per heavy atom. The summed E-state index contributed by atoms with van der Waals surface area (Å²) in [5.41, 5.74) is 1.93. The number of aryl methyl sites for hydroxylation is 1. The van der Waals surface area contributed by atoms with Crippen molar-refractivity contribution in [3.63, 3.8) is 0 Å². The molecule has 3 rings (SSSR count). The van der Waals surface area contributed by atoms with Gasteiger partial charge >= 0.3 is 5.76 Å². The number of amides is 1. The van der Waals surface area contributed by atoms with E-state index in [0.717, 1.165) is 0 Å². The van der Waals surface area contributed by atoms with Gasteiger partial charge in [0.1, 0.15) is 11.5 Å². The fourth-order valence-electron chi connectivity index (χ4n) is 2.35. The van der Waals surface area contributed by atoms with Crippen molar-refractivity contribution in [2.75, 3.05) is 19.5 Å². The summed E-state index contributed by atoms with van der Waals surface area (Å²) in [5, 5.41) is 2.78. The van der Waals surface area contributed by atoms with Gasteiger partial charge in [-0.2, -0.15) is 0 Å². The van der Waals surface area contributed by atoms with Crippen LogP contribution in [0.25, 0.3) is 11.1 Å². The molecule has 0 bridgehead atoms. The highest BCUT2D eigenvalue weighted by molar-refractivity contribution is 6.06. The largest absolute Gasteiger partial charge is 0.497 e. The van der Waals surface area contributed by atoms with E-state index in [-0.39, 0.29) is 5.91 Å². The number of carbonyl (C=O) groups excluding carboxylic acids is 1. The lowest BCUT2D eigenvalue weighted by atomic mass is 10.2. The van der Waals surface area contributed by atoms with E-state index in [4.69, 9.17) is 13.9 Å². The molecule has 0 saturated heterocycles. The second kappa shape index (κ2) is 6.11. The van der Waals surface area contributed by atoms with Gasteiger partial charge in [-0.25, -0.2) is 4.79 Å². The minimum absolute atomic E-state index is 0.319. The van der Waals surface area contributed by atoms with Gasteiger partial charge < -0.3 is 19.2 Å². The Hall–Kier alpha value is -3.22. The molecule has 1 aromatic heterocycles. The number of fused-ring (bicyclic) bond motifs is 1. The molecule has 0 unspecified atom stereocenters. The maximum absolute atomic E-state index is 12.5. The normalized spacial score (nSPS) is 10.6. The van der Waals surface area contributed by atoms with Crippen LogP contribution in [-0.4, -0.2) is 24.7 Å². The summed E-state index contributed by atoms with van der Waals surface area (Å²) in [6, 6.07) is 9.88. The van der Waals surface area contributed by atoms with Crippen molar-refractivity contribution in [1.29, 1.82) is 0 Å². The van der Waals surface area contributed by atoms with Crippen molar-refractivity contribution in [2.24, 2.45) is 7.05 Å². The monoisotopic (exact) mass is 328 g/mol. The molecule has 0 aliphatic heterocycles. The third-order valence-corrected chi connectivity index (χ3v) is 3.66. The highest BCUT2D eigenvalue weighted by Crippen LogP contribution is 2.26. The smallest absolute Gasteiger partial charge is 0.419 e. The highest BCUT2D eigenvalue weighted by Gasteiger charge is 2.12. The van der Waals surface area contributed by atoms with Crippen LogP contribution in [-0.2, 0) is 7.05 Å². The van der Waals surface area contributed by atoms with Gasteiger partial charge in [0.05, 0.1) is 19.7 Å². The molecule has 0 spiro atoms. The van der Waals surface area contributed by atoms with E-state index in [1.54, 1.807) is 43.4 Å². The van der Waals surface area contributed by atoms with Crippen molar-refractivity contribution in [3.8, 4) is 11.5 Å². The lowest BCUT2D eigenvalue weighted by molar-refractivity contribution is 0.102. The van der Waals surface area contributed by atoms with Crippen LogP contribution in [0.5, 0.6) is 11.5 Å².